The number of carbonyl (C=O) groups excluding carboxylic acids is 7. The van der Waals surface area contributed by atoms with E-state index in [1.54, 1.807) is 71.8 Å². The van der Waals surface area contributed by atoms with Gasteiger partial charge in [-0.3, -0.25) is 38.5 Å². The van der Waals surface area contributed by atoms with Gasteiger partial charge in [0.15, 0.2) is 5.13 Å². The van der Waals surface area contributed by atoms with E-state index in [-0.39, 0.29) is 71.3 Å². The summed E-state index contributed by atoms with van der Waals surface area (Å²) in [5, 5.41) is 26.7. The molecule has 127 heavy (non-hydrogen) atoms. The van der Waals surface area contributed by atoms with Gasteiger partial charge in [-0.15, -0.1) is 22.7 Å². The number of Topliss-reactive ketones (excluding diaryl/α,β-unsaturated/α-hetero) is 3. The van der Waals surface area contributed by atoms with E-state index in [2.05, 4.69) is 104 Å². The van der Waals surface area contributed by atoms with Crippen molar-refractivity contribution in [3.05, 3.63) is 226 Å². The molecule has 15 rings (SSSR count). The van der Waals surface area contributed by atoms with Crippen LogP contribution in [0.4, 0.5) is 5.13 Å². The van der Waals surface area contributed by atoms with Crippen molar-refractivity contribution < 1.29 is 42.0 Å². The van der Waals surface area contributed by atoms with E-state index < -0.39 is 10.0 Å². The first kappa shape index (κ1) is 101. The zero-order valence-electron chi connectivity index (χ0n) is 75.3. The number of pyridine rings is 1. The number of sulfonamides is 1. The van der Waals surface area contributed by atoms with E-state index in [4.69, 9.17) is 5.73 Å². The molecule has 0 saturated carbocycles. The minimum absolute atomic E-state index is 0. The SMILES string of the molecule is C.CC(=O)N1CCCCC1.CC(=O)NCc1ccc2ncsc2c1.CC(C)C(=O)CCc1cnn(-c2ccc3ncccc3c2)c1.CC(C)C(=O)NCc1ccc2ccsc2c1.CC(C)C(=O)NCc1ccc2nc(N)sc2c1.Cc1cc(-n2cc(CCC(=O)C(C)C)cn2)ccc1S(=O)(=O)N(C)C.Cc1nc2ccc(-n3cc(CCC(=O)C(C)C)cn3)cc2n1C. The number of piperidine rings is 1. The predicted octanol–water partition coefficient (Wildman–Crippen LogP) is 18.3. The molecule has 1 fully saturated rings. The summed E-state index contributed by atoms with van der Waals surface area (Å²) in [7, 11) is 1.58. The van der Waals surface area contributed by atoms with Crippen molar-refractivity contribution in [1.82, 2.24) is 79.0 Å². The number of rotatable bonds is 25. The summed E-state index contributed by atoms with van der Waals surface area (Å²) in [4.78, 5) is 98.9. The van der Waals surface area contributed by atoms with Gasteiger partial charge < -0.3 is 31.2 Å². The number of nitrogen functional groups attached to an aromatic ring is 1. The summed E-state index contributed by atoms with van der Waals surface area (Å²) in [5.41, 5.74) is 22.4. The number of amides is 4. The summed E-state index contributed by atoms with van der Waals surface area (Å²) < 4.78 is 36.7. The molecular weight excluding hydrogens is 1680 g/mol. The molecule has 0 bridgehead atoms. The topological polar surface area (TPSA) is 332 Å². The minimum atomic E-state index is -3.46. The fraction of sp³-hybridized carbons (Fsp3) is 0.381. The zero-order valence-corrected chi connectivity index (χ0v) is 78.6. The highest BCUT2D eigenvalue weighted by molar-refractivity contribution is 7.89. The average molecular weight is 1800 g/mol. The average Bonchev–Trinajstić information content (AvgIpc) is 1.77. The maximum Gasteiger partial charge on any atom is 0.242 e. The summed E-state index contributed by atoms with van der Waals surface area (Å²) in [6.07, 6.45) is 20.5. The number of hydrogen-bond acceptors (Lipinski definition) is 20. The Labute approximate surface area is 758 Å². The highest BCUT2D eigenvalue weighted by Crippen LogP contribution is 2.28. The minimum Gasteiger partial charge on any atom is -0.375 e. The number of benzene rings is 6. The van der Waals surface area contributed by atoms with Crippen LogP contribution in [0, 0.1) is 43.4 Å². The number of likely N-dealkylation sites (tertiary alicyclic amines) is 1. The number of nitrogens with zero attached hydrogens (tertiary/aromatic N) is 13. The van der Waals surface area contributed by atoms with E-state index in [9.17, 15) is 42.0 Å². The second-order valence-electron chi connectivity index (χ2n) is 32.8. The van der Waals surface area contributed by atoms with Crippen molar-refractivity contribution in [2.24, 2.45) is 36.6 Å². The number of ketones is 3. The normalized spacial score (nSPS) is 11.8. The molecule has 14 aromatic rings. The van der Waals surface area contributed by atoms with Crippen molar-refractivity contribution in [1.29, 1.82) is 0 Å². The van der Waals surface area contributed by atoms with Crippen molar-refractivity contribution in [3.63, 3.8) is 0 Å². The van der Waals surface area contributed by atoms with E-state index >= 15 is 0 Å². The molecule has 0 unspecified atom stereocenters. The third-order valence-corrected chi connectivity index (χ3v) is 25.4. The van der Waals surface area contributed by atoms with Gasteiger partial charge in [-0.05, 0) is 199 Å². The third kappa shape index (κ3) is 30.2. The number of aryl methyl sites for hydroxylation is 6. The van der Waals surface area contributed by atoms with Gasteiger partial charge in [-0.25, -0.2) is 41.7 Å². The molecule has 1 saturated heterocycles. The van der Waals surface area contributed by atoms with Gasteiger partial charge >= 0.3 is 0 Å². The molecule has 674 valence electrons. The first-order chi connectivity index (χ1) is 60.0. The summed E-state index contributed by atoms with van der Waals surface area (Å²) in [5.74, 6) is 2.52. The number of fused-ring (bicyclic) bond motifs is 5. The van der Waals surface area contributed by atoms with Crippen LogP contribution in [-0.2, 0) is 89.5 Å². The molecule has 9 heterocycles. The van der Waals surface area contributed by atoms with Crippen LogP contribution in [0.1, 0.15) is 174 Å². The molecular formula is C97H123N17O9S4. The molecule has 0 radical (unpaired) electrons. The van der Waals surface area contributed by atoms with Crippen LogP contribution in [0.25, 0.3) is 69.5 Å². The zero-order chi connectivity index (χ0) is 91.5. The van der Waals surface area contributed by atoms with Crippen molar-refractivity contribution in [2.75, 3.05) is 32.9 Å². The second kappa shape index (κ2) is 48.2. The number of nitrogens with two attached hydrogens (primary N) is 1. The maximum absolute atomic E-state index is 12.3. The lowest BCUT2D eigenvalue weighted by Gasteiger charge is -2.24. The van der Waals surface area contributed by atoms with Crippen LogP contribution in [0.2, 0.25) is 0 Å². The number of hydrogen-bond donors (Lipinski definition) is 4. The Morgan fingerprint density at radius 2 is 0.976 bits per heavy atom. The predicted molar refractivity (Wildman–Crippen MR) is 514 cm³/mol. The van der Waals surface area contributed by atoms with Gasteiger partial charge in [0.25, 0.3) is 0 Å². The van der Waals surface area contributed by atoms with E-state index in [0.717, 1.165) is 125 Å². The molecule has 0 atom stereocenters. The molecule has 0 spiro atoms. The van der Waals surface area contributed by atoms with Crippen LogP contribution in [0.5, 0.6) is 0 Å². The highest BCUT2D eigenvalue weighted by atomic mass is 32.2. The van der Waals surface area contributed by atoms with Gasteiger partial charge in [0.2, 0.25) is 33.7 Å². The van der Waals surface area contributed by atoms with Gasteiger partial charge in [-0.1, -0.05) is 118 Å². The largest absolute Gasteiger partial charge is 0.375 e. The molecule has 26 nitrogen and oxygen atoms in total. The monoisotopic (exact) mass is 1800 g/mol. The number of anilines is 1. The Balaban J connectivity index is 0.000000186. The Hall–Kier alpha value is -11.8. The Bertz CT molecular complexity index is 6140. The third-order valence-electron chi connectivity index (χ3n) is 20.9. The number of nitrogens with one attached hydrogen (secondary N) is 3. The van der Waals surface area contributed by atoms with Crippen LogP contribution in [0.15, 0.2) is 187 Å². The van der Waals surface area contributed by atoms with Crippen molar-refractivity contribution in [3.8, 4) is 17.1 Å². The fourth-order valence-electron chi connectivity index (χ4n) is 12.9. The van der Waals surface area contributed by atoms with Gasteiger partial charge in [0.1, 0.15) is 23.2 Å². The lowest BCUT2D eigenvalue weighted by Crippen LogP contribution is -2.33. The quantitative estimate of drug-likeness (QED) is 0.0413. The number of thiophene rings is 1. The smallest absolute Gasteiger partial charge is 0.242 e. The molecule has 1 aliphatic rings. The molecule has 1 aliphatic heterocycles. The van der Waals surface area contributed by atoms with E-state index in [0.29, 0.717) is 67.6 Å². The maximum atomic E-state index is 12.3. The summed E-state index contributed by atoms with van der Waals surface area (Å²) in [6.45, 7) is 29.8. The molecule has 4 amide bonds. The van der Waals surface area contributed by atoms with Crippen LogP contribution >= 0.6 is 34.0 Å². The van der Waals surface area contributed by atoms with E-state index in [1.165, 1.54) is 66.0 Å². The van der Waals surface area contributed by atoms with Crippen LogP contribution in [0.3, 0.4) is 0 Å². The number of imidazole rings is 1. The summed E-state index contributed by atoms with van der Waals surface area (Å²) in [6, 6.07) is 41.6. The lowest BCUT2D eigenvalue weighted by atomic mass is 10.0. The highest BCUT2D eigenvalue weighted by Gasteiger charge is 2.22. The van der Waals surface area contributed by atoms with Gasteiger partial charge in [-0.2, -0.15) is 15.3 Å². The lowest BCUT2D eigenvalue weighted by molar-refractivity contribution is -0.130. The Morgan fingerprint density at radius 1 is 0.496 bits per heavy atom. The number of aromatic nitrogens is 11. The van der Waals surface area contributed by atoms with Crippen LogP contribution < -0.4 is 21.7 Å². The molecule has 8 aromatic heterocycles. The van der Waals surface area contributed by atoms with Crippen molar-refractivity contribution in [2.45, 2.75) is 187 Å². The Kier molecular flexibility index (Phi) is 38.2. The summed E-state index contributed by atoms with van der Waals surface area (Å²) >= 11 is 4.80. The van der Waals surface area contributed by atoms with Gasteiger partial charge in [0.05, 0.1) is 83.0 Å². The first-order valence-corrected chi connectivity index (χ1v) is 46.5. The molecule has 6 aromatic carbocycles. The Morgan fingerprint density at radius 3 is 1.48 bits per heavy atom. The number of thiazole rings is 2. The molecule has 0 aliphatic carbocycles. The second-order valence-corrected chi connectivity index (χ2v) is 37.8. The molecule has 5 N–H and O–H groups in total. The van der Waals surface area contributed by atoms with Gasteiger partial charge in [0, 0.05) is 151 Å². The fourth-order valence-corrected chi connectivity index (χ4v) is 16.4. The standard InChI is InChI=1S/C18H22N4O.C18H25N3O3S.C18H19N3O.C13H15NOS.C12H15N3OS.C10H10N2OS.C7H13NO.CH4/c1-12(2)18(23)8-5-14-10-19-22(11-14)15-6-7-16-17(9-15)21(4)13(3)20-16;1-13(2)17(22)8-6-15-11-19-21(12-15)16-7-9-18(14(3)10-16)25(23,24)20(4)5;1-13(2)18(22)8-5-14-11-20-21(12-14)16-6-7-17-15(10-16)4-3-9-19-17;1-9(2)13(15)14-8-10-3-4-11-5-6-16-12(11)7-10;1-7(2)11(16)14-6-8-3-4-9-10(5-8)17-12(13)15-9;1-7(13)11-5-8-2-3-9-10(4-8)14-6-12-9;1-7(9)8-5-3-2-4-6-8;/h6-7,9-12H,5,8H2,1-4H3;7,9-13H,6,8H2,1-5H3;3-4,6-7,9-13H,5,8H2,1-2H3;3-7,9H,8H2,1-2H3,(H,14,15);3-5,7H,6H2,1-2H3,(H2,13,15)(H,14,16);2-4,6H,5H2,1H3,(H,11,13);2-6H2,1H3;1H4. The van der Waals surface area contributed by atoms with E-state index in [1.807, 2.05) is 201 Å². The molecule has 30 heteroatoms. The first-order valence-electron chi connectivity index (χ1n) is 42.5. The van der Waals surface area contributed by atoms with Crippen LogP contribution in [-0.4, -0.2) is 140 Å². The van der Waals surface area contributed by atoms with Crippen molar-refractivity contribution >= 4 is 143 Å². The number of carbonyl (C=O) groups is 7.